The van der Waals surface area contributed by atoms with Crippen LogP contribution in [0, 0.1) is 16.7 Å². The van der Waals surface area contributed by atoms with E-state index in [-0.39, 0.29) is 16.7 Å². The third-order valence-electron chi connectivity index (χ3n) is 8.76. The van der Waals surface area contributed by atoms with Crippen molar-refractivity contribution in [3.05, 3.63) is 30.1 Å². The van der Waals surface area contributed by atoms with Crippen LogP contribution in [0.25, 0.3) is 0 Å². The van der Waals surface area contributed by atoms with E-state index in [9.17, 15) is 9.90 Å². The minimum atomic E-state index is -0.623. The highest BCUT2D eigenvalue weighted by Crippen LogP contribution is 2.63. The highest BCUT2D eigenvalue weighted by molar-refractivity contribution is 5.75. The van der Waals surface area contributed by atoms with Gasteiger partial charge in [-0.05, 0) is 67.9 Å². The molecule has 4 atom stereocenters. The molecule has 7 nitrogen and oxygen atoms in total. The van der Waals surface area contributed by atoms with Gasteiger partial charge in [-0.15, -0.1) is 0 Å². The maximum atomic E-state index is 12.9. The second kappa shape index (κ2) is 10.6. The summed E-state index contributed by atoms with van der Waals surface area (Å²) >= 11 is 0. The Morgan fingerprint density at radius 2 is 2.00 bits per heavy atom. The van der Waals surface area contributed by atoms with Crippen LogP contribution in [0.3, 0.4) is 0 Å². The molecule has 0 spiro atoms. The van der Waals surface area contributed by atoms with E-state index >= 15 is 0 Å². The van der Waals surface area contributed by atoms with Gasteiger partial charge in [-0.3, -0.25) is 14.7 Å². The van der Waals surface area contributed by atoms with Crippen LogP contribution < -0.4 is 10.6 Å². The number of aliphatic hydroxyl groups is 1. The van der Waals surface area contributed by atoms with Gasteiger partial charge in [0.2, 0.25) is 5.91 Å². The second-order valence-electron chi connectivity index (χ2n) is 11.7. The molecule has 2 heterocycles. The van der Waals surface area contributed by atoms with E-state index < -0.39 is 5.60 Å². The molecule has 3 N–H and O–H groups in total. The van der Waals surface area contributed by atoms with Gasteiger partial charge in [0, 0.05) is 51.4 Å². The van der Waals surface area contributed by atoms with E-state index in [0.29, 0.717) is 24.9 Å². The molecular weight excluding hydrogens is 428 g/mol. The maximum absolute atomic E-state index is 12.9. The predicted molar refractivity (Wildman–Crippen MR) is 133 cm³/mol. The van der Waals surface area contributed by atoms with Crippen molar-refractivity contribution >= 4 is 5.91 Å². The number of pyridine rings is 1. The molecule has 34 heavy (non-hydrogen) atoms. The second-order valence-corrected chi connectivity index (χ2v) is 11.7. The average molecular weight is 473 g/mol. The highest BCUT2D eigenvalue weighted by atomic mass is 16.5. The Balaban J connectivity index is 1.40. The molecule has 1 aliphatic heterocycles. The van der Waals surface area contributed by atoms with Crippen LogP contribution in [-0.4, -0.2) is 71.9 Å². The molecule has 1 aromatic rings. The monoisotopic (exact) mass is 472 g/mol. The first-order chi connectivity index (χ1) is 16.2. The Kier molecular flexibility index (Phi) is 7.97. The number of rotatable bonds is 9. The molecule has 7 heteroatoms. The van der Waals surface area contributed by atoms with Crippen molar-refractivity contribution in [1.29, 1.82) is 0 Å². The minimum absolute atomic E-state index is 0.0159. The van der Waals surface area contributed by atoms with E-state index in [2.05, 4.69) is 40.4 Å². The van der Waals surface area contributed by atoms with Crippen molar-refractivity contribution in [3.63, 3.8) is 0 Å². The zero-order valence-corrected chi connectivity index (χ0v) is 21.3. The van der Waals surface area contributed by atoms with Crippen LogP contribution in [0.2, 0.25) is 0 Å². The van der Waals surface area contributed by atoms with Crippen LogP contribution in [0.15, 0.2) is 24.4 Å². The molecule has 0 radical (unpaired) electrons. The number of amides is 1. The van der Waals surface area contributed by atoms with Gasteiger partial charge in [-0.2, -0.15) is 0 Å². The lowest BCUT2D eigenvalue weighted by Crippen LogP contribution is -2.51. The number of hydrogen-bond acceptors (Lipinski definition) is 6. The van der Waals surface area contributed by atoms with Gasteiger partial charge in [0.05, 0.1) is 24.5 Å². The molecule has 2 aliphatic carbocycles. The molecule has 3 aliphatic rings. The Labute approximate surface area is 205 Å². The quantitative estimate of drug-likeness (QED) is 0.512. The fraction of sp³-hybridized carbons (Fsp3) is 0.778. The van der Waals surface area contributed by atoms with Gasteiger partial charge < -0.3 is 20.5 Å². The van der Waals surface area contributed by atoms with E-state index in [1.165, 1.54) is 0 Å². The van der Waals surface area contributed by atoms with Gasteiger partial charge >= 0.3 is 0 Å². The van der Waals surface area contributed by atoms with Crippen molar-refractivity contribution in [2.24, 2.45) is 16.7 Å². The number of fused-ring (bicyclic) bond motifs is 1. The number of nitrogens with one attached hydrogen (secondary N) is 2. The molecule has 0 bridgehead atoms. The smallest absolute Gasteiger partial charge is 0.220 e. The van der Waals surface area contributed by atoms with Gasteiger partial charge in [-0.1, -0.05) is 19.9 Å². The summed E-state index contributed by atoms with van der Waals surface area (Å²) < 4.78 is 5.41. The summed E-state index contributed by atoms with van der Waals surface area (Å²) in [6, 6.07) is 6.35. The third-order valence-corrected chi connectivity index (χ3v) is 8.76. The van der Waals surface area contributed by atoms with Crippen molar-refractivity contribution in [3.8, 4) is 0 Å². The van der Waals surface area contributed by atoms with Crippen LogP contribution in [0.4, 0.5) is 0 Å². The van der Waals surface area contributed by atoms with Crippen molar-refractivity contribution in [2.45, 2.75) is 77.5 Å². The molecule has 1 aromatic heterocycles. The summed E-state index contributed by atoms with van der Waals surface area (Å²) in [7, 11) is 0. The normalized spacial score (nSPS) is 33.4. The summed E-state index contributed by atoms with van der Waals surface area (Å²) in [5, 5.41) is 17.9. The minimum Gasteiger partial charge on any atom is -0.390 e. The standard InChI is InChI=1S/C27H44N4O3/c1-25(2)19-23(30-20-21-6-4-5-11-28-21)27(10-9-26(3,33)18-22(25)27)8-7-24(32)29-12-13-31-14-16-34-17-15-31/h4-6,11,22-23,30,33H,7-10,12-20H2,1-3H3,(H,29,32)/t22-,23-,26+,27+/m0/s1. The third kappa shape index (κ3) is 5.99. The molecule has 3 fully saturated rings. The Morgan fingerprint density at radius 3 is 2.74 bits per heavy atom. The van der Waals surface area contributed by atoms with Gasteiger partial charge in [0.25, 0.3) is 0 Å². The Hall–Kier alpha value is -1.54. The first kappa shape index (κ1) is 25.5. The molecule has 2 saturated carbocycles. The Bertz CT molecular complexity index is 809. The summed E-state index contributed by atoms with van der Waals surface area (Å²) in [6.07, 6.45) is 6.85. The lowest BCUT2D eigenvalue weighted by atomic mass is 9.57. The van der Waals surface area contributed by atoms with Gasteiger partial charge in [-0.25, -0.2) is 0 Å². The molecule has 1 amide bonds. The van der Waals surface area contributed by atoms with Crippen LogP contribution in [-0.2, 0) is 16.1 Å². The zero-order chi connectivity index (χ0) is 24.2. The number of hydrogen-bond donors (Lipinski definition) is 3. The number of aromatic nitrogens is 1. The fourth-order valence-corrected chi connectivity index (χ4v) is 6.86. The summed E-state index contributed by atoms with van der Waals surface area (Å²) in [5.74, 6) is 0.526. The van der Waals surface area contributed by atoms with E-state index in [1.807, 2.05) is 25.3 Å². The molecular formula is C27H44N4O3. The Morgan fingerprint density at radius 1 is 1.21 bits per heavy atom. The van der Waals surface area contributed by atoms with Crippen molar-refractivity contribution in [1.82, 2.24) is 20.5 Å². The first-order valence-corrected chi connectivity index (χ1v) is 13.1. The topological polar surface area (TPSA) is 86.7 Å². The largest absolute Gasteiger partial charge is 0.390 e. The van der Waals surface area contributed by atoms with Crippen LogP contribution in [0.5, 0.6) is 0 Å². The van der Waals surface area contributed by atoms with E-state index in [1.54, 1.807) is 0 Å². The zero-order valence-electron chi connectivity index (χ0n) is 21.3. The van der Waals surface area contributed by atoms with Crippen molar-refractivity contribution < 1.29 is 14.6 Å². The van der Waals surface area contributed by atoms with E-state index in [4.69, 9.17) is 4.74 Å². The highest BCUT2D eigenvalue weighted by Gasteiger charge is 2.61. The van der Waals surface area contributed by atoms with Crippen LogP contribution in [0.1, 0.15) is 65.0 Å². The van der Waals surface area contributed by atoms with Crippen LogP contribution >= 0.6 is 0 Å². The molecule has 1 saturated heterocycles. The number of carbonyl (C=O) groups is 1. The lowest BCUT2D eigenvalue weighted by Gasteiger charge is -2.51. The maximum Gasteiger partial charge on any atom is 0.220 e. The molecule has 0 unspecified atom stereocenters. The number of morpholine rings is 1. The summed E-state index contributed by atoms with van der Waals surface area (Å²) in [5.41, 5.74) is 0.547. The number of carbonyl (C=O) groups excluding carboxylic acids is 1. The molecule has 4 rings (SSSR count). The summed E-state index contributed by atoms with van der Waals surface area (Å²) in [6.45, 7) is 12.4. The average Bonchev–Trinajstić information content (AvgIpc) is 3.03. The first-order valence-electron chi connectivity index (χ1n) is 13.1. The predicted octanol–water partition coefficient (Wildman–Crippen LogP) is 2.74. The molecule has 190 valence electrons. The van der Waals surface area contributed by atoms with E-state index in [0.717, 1.165) is 77.2 Å². The SMILES string of the molecule is CC1(C)C[C@H](NCc2ccccn2)[C@]2(CCC(=O)NCCN3CCOCC3)CC[C@@](C)(O)C[C@@H]12. The molecule has 0 aromatic carbocycles. The summed E-state index contributed by atoms with van der Waals surface area (Å²) in [4.78, 5) is 19.7. The number of ether oxygens (including phenoxy) is 1. The van der Waals surface area contributed by atoms with Gasteiger partial charge in [0.15, 0.2) is 0 Å². The number of nitrogens with zero attached hydrogens (tertiary/aromatic N) is 2. The lowest BCUT2D eigenvalue weighted by molar-refractivity contribution is -0.123. The van der Waals surface area contributed by atoms with Gasteiger partial charge in [0.1, 0.15) is 0 Å². The fourth-order valence-electron chi connectivity index (χ4n) is 6.86. The van der Waals surface area contributed by atoms with Crippen molar-refractivity contribution in [2.75, 3.05) is 39.4 Å².